The number of H-pyrrole nitrogens is 4. The molecular formula is C45H44F3N7O6S2. The number of alkyl halides is 3. The Balaban J connectivity index is 0.000000238. The Morgan fingerprint density at radius 1 is 0.524 bits per heavy atom. The number of aromatic nitrogens is 4. The summed E-state index contributed by atoms with van der Waals surface area (Å²) in [4.78, 5) is 76.5. The van der Waals surface area contributed by atoms with Gasteiger partial charge in [0.1, 0.15) is 21.4 Å². The average Bonchev–Trinajstić information content (AvgIpc) is 3.23. The van der Waals surface area contributed by atoms with Gasteiger partial charge in [0.2, 0.25) is 0 Å². The number of nitrogens with one attached hydrogen (secondary N) is 4. The highest BCUT2D eigenvalue weighted by Gasteiger charge is 2.29. The summed E-state index contributed by atoms with van der Waals surface area (Å²) in [5.74, 6) is 1.94. The normalized spacial score (nSPS) is 12.8. The number of thioether (sulfide) groups is 2. The first-order chi connectivity index (χ1) is 29.9. The number of aromatic amines is 4. The second kappa shape index (κ2) is 22.1. The van der Waals surface area contributed by atoms with Crippen LogP contribution in [0.3, 0.4) is 0 Å². The van der Waals surface area contributed by atoms with E-state index in [0.29, 0.717) is 11.1 Å². The third kappa shape index (κ3) is 14.8. The lowest BCUT2D eigenvalue weighted by Gasteiger charge is -2.08. The minimum atomic E-state index is -4.44. The smallest absolute Gasteiger partial charge is 0.316 e. The number of benzene rings is 4. The fraction of sp³-hybridized carbons (Fsp3) is 0.200. The molecule has 18 heteroatoms. The van der Waals surface area contributed by atoms with Crippen LogP contribution in [0.2, 0.25) is 0 Å². The van der Waals surface area contributed by atoms with E-state index in [0.717, 1.165) is 57.6 Å². The van der Waals surface area contributed by atoms with Gasteiger partial charge in [-0.05, 0) is 123 Å². The van der Waals surface area contributed by atoms with Crippen LogP contribution in [0.4, 0.5) is 18.9 Å². The molecule has 0 amide bonds. The predicted octanol–water partition coefficient (Wildman–Crippen LogP) is 3.68. The maximum absolute atomic E-state index is 12.7. The van der Waals surface area contributed by atoms with Crippen LogP contribution in [0.15, 0.2) is 126 Å². The summed E-state index contributed by atoms with van der Waals surface area (Å²) >= 11 is 3.48. The molecule has 328 valence electrons. The molecule has 0 aliphatic rings. The third-order valence-corrected chi connectivity index (χ3v) is 10.9. The van der Waals surface area contributed by atoms with E-state index < -0.39 is 38.9 Å². The van der Waals surface area contributed by atoms with Gasteiger partial charge in [0, 0.05) is 46.5 Å². The van der Waals surface area contributed by atoms with Crippen molar-refractivity contribution in [2.45, 2.75) is 16.0 Å². The van der Waals surface area contributed by atoms with Gasteiger partial charge < -0.3 is 29.7 Å². The zero-order valence-corrected chi connectivity index (χ0v) is 36.2. The van der Waals surface area contributed by atoms with Crippen LogP contribution in [0.5, 0.6) is 0 Å². The van der Waals surface area contributed by atoms with Crippen molar-refractivity contribution in [3.8, 4) is 0 Å². The summed E-state index contributed by atoms with van der Waals surface area (Å²) in [6.07, 6.45) is 1.53. The summed E-state index contributed by atoms with van der Waals surface area (Å²) in [7, 11) is 8.10. The summed E-state index contributed by atoms with van der Waals surface area (Å²) in [6, 6.07) is 25.4. The van der Waals surface area contributed by atoms with Gasteiger partial charge in [-0.1, -0.05) is 36.4 Å². The van der Waals surface area contributed by atoms with Crippen LogP contribution in [0.25, 0.3) is 24.3 Å². The summed E-state index contributed by atoms with van der Waals surface area (Å²) in [6.45, 7) is 1.95. The van der Waals surface area contributed by atoms with Gasteiger partial charge >= 0.3 is 6.18 Å². The molecular weight excluding hydrogens is 856 g/mol. The molecule has 6 rings (SSSR count). The van der Waals surface area contributed by atoms with E-state index in [1.807, 2.05) is 76.7 Å². The van der Waals surface area contributed by atoms with Crippen molar-refractivity contribution in [2.24, 2.45) is 0 Å². The van der Waals surface area contributed by atoms with Crippen molar-refractivity contribution in [3.63, 3.8) is 0 Å². The van der Waals surface area contributed by atoms with Crippen LogP contribution in [0, 0.1) is 10.1 Å². The van der Waals surface area contributed by atoms with Crippen LogP contribution in [-0.2, 0) is 6.18 Å². The van der Waals surface area contributed by atoms with Crippen molar-refractivity contribution in [3.05, 3.63) is 198 Å². The lowest BCUT2D eigenvalue weighted by Crippen LogP contribution is -2.46. The standard InChI is InChI=1S/C23H22F3N3O2S.C22H22N4O4S/c1-29(2)11-12-32-18-9-5-16(6-10-18)14-20-22(31)27-19(21(30)28-20)13-15-3-7-17(8-4-15)23(24,25)26;1-25(2)11-12-31-18-9-5-16(6-10-18)14-20-22(28)23-19(21(27)24-20)13-15-3-7-17(8-4-15)26(29)30/h3-10,13-14H,11-12H2,1-2H3,(H,27,31)(H,28,30);3-10,13-14H,11-12H2,1-2H3,(H,23,28)(H,24,27)/b2*19-13-,20-14-. The first kappa shape index (κ1) is 47.6. The second-order valence-corrected chi connectivity index (χ2v) is 16.8. The number of nitro groups is 1. The van der Waals surface area contributed by atoms with Crippen molar-refractivity contribution in [1.82, 2.24) is 29.7 Å². The van der Waals surface area contributed by atoms with E-state index in [9.17, 15) is 42.5 Å². The minimum absolute atomic E-state index is 0.0421. The number of hydrogen-bond acceptors (Lipinski definition) is 10. The van der Waals surface area contributed by atoms with Gasteiger partial charge in [0.25, 0.3) is 27.9 Å². The molecule has 6 aromatic rings. The van der Waals surface area contributed by atoms with Crippen molar-refractivity contribution in [2.75, 3.05) is 52.8 Å². The zero-order valence-electron chi connectivity index (χ0n) is 34.6. The Morgan fingerprint density at radius 3 is 1.08 bits per heavy atom. The van der Waals surface area contributed by atoms with E-state index in [1.165, 1.54) is 48.6 Å². The van der Waals surface area contributed by atoms with Gasteiger partial charge in [0.05, 0.1) is 10.5 Å². The monoisotopic (exact) mass is 899 g/mol. The predicted molar refractivity (Wildman–Crippen MR) is 244 cm³/mol. The molecule has 0 fully saturated rings. The van der Waals surface area contributed by atoms with E-state index >= 15 is 0 Å². The first-order valence-electron chi connectivity index (χ1n) is 19.2. The number of non-ortho nitro benzene ring substituents is 1. The number of halogens is 3. The summed E-state index contributed by atoms with van der Waals surface area (Å²) < 4.78 is 38.0. The molecule has 2 aromatic heterocycles. The fourth-order valence-corrected chi connectivity index (χ4v) is 7.57. The van der Waals surface area contributed by atoms with Crippen LogP contribution >= 0.6 is 23.5 Å². The molecule has 0 atom stereocenters. The lowest BCUT2D eigenvalue weighted by molar-refractivity contribution is -0.384. The van der Waals surface area contributed by atoms with E-state index in [-0.39, 0.29) is 27.1 Å². The van der Waals surface area contributed by atoms with Gasteiger partial charge in [-0.15, -0.1) is 23.5 Å². The lowest BCUT2D eigenvalue weighted by atomic mass is 10.1. The highest BCUT2D eigenvalue weighted by molar-refractivity contribution is 7.99. The molecule has 0 saturated carbocycles. The SMILES string of the molecule is CN(C)CCSc1ccc(/C=c2\[nH]c(=O)/c(=C/c3ccc(C(F)(F)F)cc3)[nH]c2=O)cc1.CN(C)CCSc1ccc(/C=c2\[nH]c(=O)/c(=C/c3ccc([N+](=O)[O-])cc3)[nH]c2=O)cc1. The van der Waals surface area contributed by atoms with E-state index in [2.05, 4.69) is 29.7 Å². The van der Waals surface area contributed by atoms with Gasteiger partial charge in [-0.25, -0.2) is 0 Å². The molecule has 4 aromatic carbocycles. The summed E-state index contributed by atoms with van der Waals surface area (Å²) in [5.41, 5.74) is -0.316. The second-order valence-electron chi connectivity index (χ2n) is 14.5. The molecule has 0 unspecified atom stereocenters. The number of rotatable bonds is 13. The fourth-order valence-electron chi connectivity index (χ4n) is 5.53. The Morgan fingerprint density at radius 2 is 0.810 bits per heavy atom. The quantitative estimate of drug-likeness (QED) is 0.0759. The molecule has 0 aliphatic heterocycles. The highest BCUT2D eigenvalue weighted by Crippen LogP contribution is 2.29. The van der Waals surface area contributed by atoms with Crippen molar-refractivity contribution in [1.29, 1.82) is 0 Å². The molecule has 63 heavy (non-hydrogen) atoms. The van der Waals surface area contributed by atoms with Crippen LogP contribution < -0.4 is 43.6 Å². The minimum Gasteiger partial charge on any atom is -0.316 e. The molecule has 4 N–H and O–H groups in total. The maximum Gasteiger partial charge on any atom is 0.416 e. The van der Waals surface area contributed by atoms with Crippen LogP contribution in [0.1, 0.15) is 27.8 Å². The molecule has 0 bridgehead atoms. The summed E-state index contributed by atoms with van der Waals surface area (Å²) in [5, 5.41) is 11.0. The first-order valence-corrected chi connectivity index (χ1v) is 21.2. The molecule has 0 spiro atoms. The van der Waals surface area contributed by atoms with E-state index in [4.69, 9.17) is 0 Å². The number of hydrogen-bond donors (Lipinski definition) is 4. The van der Waals surface area contributed by atoms with Crippen molar-refractivity contribution >= 4 is 53.5 Å². The van der Waals surface area contributed by atoms with Gasteiger partial charge in [-0.2, -0.15) is 13.2 Å². The Hall–Kier alpha value is -6.47. The van der Waals surface area contributed by atoms with Gasteiger partial charge in [-0.3, -0.25) is 29.3 Å². The Kier molecular flexibility index (Phi) is 16.7. The molecule has 0 saturated heterocycles. The third-order valence-electron chi connectivity index (χ3n) is 8.93. The maximum atomic E-state index is 12.7. The average molecular weight is 900 g/mol. The highest BCUT2D eigenvalue weighted by atomic mass is 32.2. The molecule has 2 heterocycles. The Bertz CT molecular complexity index is 3000. The Labute approximate surface area is 366 Å². The van der Waals surface area contributed by atoms with Crippen molar-refractivity contribution < 1.29 is 18.1 Å². The zero-order chi connectivity index (χ0) is 45.7. The van der Waals surface area contributed by atoms with Gasteiger partial charge in [0.15, 0.2) is 0 Å². The molecule has 13 nitrogen and oxygen atoms in total. The van der Waals surface area contributed by atoms with Crippen LogP contribution in [-0.4, -0.2) is 87.4 Å². The topological polar surface area (TPSA) is 181 Å². The largest absolute Gasteiger partial charge is 0.416 e. The number of nitrogens with zero attached hydrogens (tertiary/aromatic N) is 3. The molecule has 0 aliphatic carbocycles. The molecule has 0 radical (unpaired) electrons. The van der Waals surface area contributed by atoms with E-state index in [1.54, 1.807) is 35.7 Å². The number of nitro benzene ring substituents is 1.